The average Bonchev–Trinajstić information content (AvgIpc) is 2.35. The first-order valence-corrected chi connectivity index (χ1v) is 7.82. The number of carbonyl (C=O) groups is 1. The Hall–Kier alpha value is -1.15. The van der Waals surface area contributed by atoms with E-state index in [1.807, 2.05) is 19.1 Å². The van der Waals surface area contributed by atoms with Gasteiger partial charge in [-0.15, -0.1) is 0 Å². The maximum absolute atomic E-state index is 12.3. The van der Waals surface area contributed by atoms with Crippen molar-refractivity contribution in [3.63, 3.8) is 0 Å². The summed E-state index contributed by atoms with van der Waals surface area (Å²) in [4.78, 5) is 12.3. The van der Waals surface area contributed by atoms with Crippen molar-refractivity contribution in [2.24, 2.45) is 11.8 Å². The van der Waals surface area contributed by atoms with E-state index in [1.165, 1.54) is 5.56 Å². The largest absolute Gasteiger partial charge is 0.378 e. The first-order valence-electron chi connectivity index (χ1n) is 7.82. The quantitative estimate of drug-likeness (QED) is 0.694. The molecule has 0 amide bonds. The fourth-order valence-corrected chi connectivity index (χ4v) is 2.94. The fourth-order valence-electron chi connectivity index (χ4n) is 2.94. The number of rotatable bonds is 7. The Morgan fingerprint density at radius 3 is 2.75 bits per heavy atom. The van der Waals surface area contributed by atoms with Crippen molar-refractivity contribution < 1.29 is 9.53 Å². The number of hydrogen-bond acceptors (Lipinski definition) is 2. The molecule has 1 aliphatic rings. The van der Waals surface area contributed by atoms with Crippen LogP contribution in [0.5, 0.6) is 0 Å². The molecule has 0 unspecified atom stereocenters. The summed E-state index contributed by atoms with van der Waals surface area (Å²) in [7, 11) is 0. The molecule has 0 N–H and O–H groups in total. The van der Waals surface area contributed by atoms with Gasteiger partial charge in [0, 0.05) is 18.6 Å². The Kier molecular flexibility index (Phi) is 5.36. The standard InChI is InChI=1S/C18H26O2/c1-4-20-17-10-15(11-17)12-18(19)16-7-5-6-14(9-16)8-13(2)3/h5-7,9,13,15,17H,4,8,10-12H2,1-3H3. The molecule has 0 aromatic heterocycles. The van der Waals surface area contributed by atoms with Crippen LogP contribution >= 0.6 is 0 Å². The molecule has 2 nitrogen and oxygen atoms in total. The lowest BCUT2D eigenvalue weighted by Gasteiger charge is -2.34. The van der Waals surface area contributed by atoms with Crippen molar-refractivity contribution in [1.29, 1.82) is 0 Å². The molecule has 0 aliphatic heterocycles. The van der Waals surface area contributed by atoms with Crippen molar-refractivity contribution >= 4 is 5.78 Å². The van der Waals surface area contributed by atoms with Crippen LogP contribution < -0.4 is 0 Å². The normalized spacial score (nSPS) is 21.8. The molecule has 20 heavy (non-hydrogen) atoms. The Morgan fingerprint density at radius 2 is 2.10 bits per heavy atom. The number of Topliss-reactive ketones (excluding diaryl/α,β-unsaturated/α-hetero) is 1. The van der Waals surface area contributed by atoms with Crippen LogP contribution in [0.25, 0.3) is 0 Å². The lowest BCUT2D eigenvalue weighted by molar-refractivity contribution is -0.0246. The maximum atomic E-state index is 12.3. The van der Waals surface area contributed by atoms with Crippen LogP contribution in [0, 0.1) is 11.8 Å². The Morgan fingerprint density at radius 1 is 1.35 bits per heavy atom. The van der Waals surface area contributed by atoms with E-state index in [4.69, 9.17) is 4.74 Å². The van der Waals surface area contributed by atoms with Crippen molar-refractivity contribution in [3.8, 4) is 0 Å². The van der Waals surface area contributed by atoms with Crippen LogP contribution in [-0.4, -0.2) is 18.5 Å². The van der Waals surface area contributed by atoms with Crippen LogP contribution in [0.15, 0.2) is 24.3 Å². The summed E-state index contributed by atoms with van der Waals surface area (Å²) >= 11 is 0. The summed E-state index contributed by atoms with van der Waals surface area (Å²) in [5, 5.41) is 0. The molecule has 2 rings (SSSR count). The first-order chi connectivity index (χ1) is 9.58. The Balaban J connectivity index is 1.87. The van der Waals surface area contributed by atoms with Crippen LogP contribution in [-0.2, 0) is 11.2 Å². The smallest absolute Gasteiger partial charge is 0.163 e. The third kappa shape index (κ3) is 4.17. The van der Waals surface area contributed by atoms with E-state index < -0.39 is 0 Å². The van der Waals surface area contributed by atoms with Gasteiger partial charge in [-0.2, -0.15) is 0 Å². The molecular formula is C18H26O2. The molecule has 1 aromatic rings. The van der Waals surface area contributed by atoms with Gasteiger partial charge in [-0.25, -0.2) is 0 Å². The lowest BCUT2D eigenvalue weighted by atomic mass is 9.78. The minimum atomic E-state index is 0.288. The second kappa shape index (κ2) is 7.03. The molecule has 0 spiro atoms. The van der Waals surface area contributed by atoms with Crippen LogP contribution in [0.4, 0.5) is 0 Å². The van der Waals surface area contributed by atoms with Gasteiger partial charge < -0.3 is 4.74 Å². The van der Waals surface area contributed by atoms with E-state index in [-0.39, 0.29) is 5.78 Å². The molecule has 0 radical (unpaired) electrons. The predicted molar refractivity (Wildman–Crippen MR) is 82.1 cm³/mol. The van der Waals surface area contributed by atoms with E-state index in [1.54, 1.807) is 0 Å². The average molecular weight is 274 g/mol. The Bertz CT molecular complexity index is 444. The monoisotopic (exact) mass is 274 g/mol. The molecule has 0 saturated heterocycles. The molecule has 0 atom stereocenters. The third-order valence-electron chi connectivity index (χ3n) is 3.96. The minimum Gasteiger partial charge on any atom is -0.378 e. The molecule has 0 heterocycles. The van der Waals surface area contributed by atoms with E-state index in [2.05, 4.69) is 26.0 Å². The molecule has 0 bridgehead atoms. The van der Waals surface area contributed by atoms with Gasteiger partial charge in [-0.3, -0.25) is 4.79 Å². The molecule has 1 saturated carbocycles. The number of benzene rings is 1. The van der Waals surface area contributed by atoms with E-state index in [0.717, 1.165) is 31.4 Å². The summed E-state index contributed by atoms with van der Waals surface area (Å²) in [5.74, 6) is 1.43. The zero-order valence-electron chi connectivity index (χ0n) is 12.9. The lowest BCUT2D eigenvalue weighted by Crippen LogP contribution is -2.32. The Labute approximate surface area is 122 Å². The van der Waals surface area contributed by atoms with Gasteiger partial charge in [0.15, 0.2) is 5.78 Å². The highest BCUT2D eigenvalue weighted by atomic mass is 16.5. The van der Waals surface area contributed by atoms with Crippen LogP contribution in [0.3, 0.4) is 0 Å². The summed E-state index contributed by atoms with van der Waals surface area (Å²) < 4.78 is 5.55. The van der Waals surface area contributed by atoms with Crippen LogP contribution in [0.2, 0.25) is 0 Å². The van der Waals surface area contributed by atoms with Crippen molar-refractivity contribution in [1.82, 2.24) is 0 Å². The minimum absolute atomic E-state index is 0.288. The highest BCUT2D eigenvalue weighted by Gasteiger charge is 2.31. The van der Waals surface area contributed by atoms with E-state index in [0.29, 0.717) is 24.4 Å². The van der Waals surface area contributed by atoms with Crippen molar-refractivity contribution in [3.05, 3.63) is 35.4 Å². The van der Waals surface area contributed by atoms with Gasteiger partial charge in [0.2, 0.25) is 0 Å². The topological polar surface area (TPSA) is 26.3 Å². The van der Waals surface area contributed by atoms with Crippen molar-refractivity contribution in [2.45, 2.75) is 52.6 Å². The number of ether oxygens (including phenoxy) is 1. The van der Waals surface area contributed by atoms with Crippen LogP contribution in [0.1, 0.15) is 56.0 Å². The summed E-state index contributed by atoms with van der Waals surface area (Å²) in [6.07, 6.45) is 4.20. The molecule has 2 heteroatoms. The van der Waals surface area contributed by atoms with Crippen molar-refractivity contribution in [2.75, 3.05) is 6.61 Å². The number of carbonyl (C=O) groups excluding carboxylic acids is 1. The second-order valence-corrected chi connectivity index (χ2v) is 6.34. The summed E-state index contributed by atoms with van der Waals surface area (Å²) in [6, 6.07) is 8.14. The molecule has 1 aliphatic carbocycles. The SMILES string of the molecule is CCOC1CC(CC(=O)c2cccc(CC(C)C)c2)C1. The highest BCUT2D eigenvalue weighted by molar-refractivity contribution is 5.96. The molecule has 1 aromatic carbocycles. The highest BCUT2D eigenvalue weighted by Crippen LogP contribution is 2.33. The maximum Gasteiger partial charge on any atom is 0.163 e. The zero-order valence-corrected chi connectivity index (χ0v) is 12.9. The summed E-state index contributed by atoms with van der Waals surface area (Å²) in [6.45, 7) is 7.22. The zero-order chi connectivity index (χ0) is 14.5. The van der Waals surface area contributed by atoms with E-state index >= 15 is 0 Å². The second-order valence-electron chi connectivity index (χ2n) is 6.34. The van der Waals surface area contributed by atoms with E-state index in [9.17, 15) is 4.79 Å². The van der Waals surface area contributed by atoms with Gasteiger partial charge in [0.25, 0.3) is 0 Å². The molecule has 1 fully saturated rings. The molecule has 110 valence electrons. The van der Waals surface area contributed by atoms with Gasteiger partial charge in [0.1, 0.15) is 0 Å². The number of ketones is 1. The predicted octanol–water partition coefficient (Wildman–Crippen LogP) is 4.27. The third-order valence-corrected chi connectivity index (χ3v) is 3.96. The molecular weight excluding hydrogens is 248 g/mol. The van der Waals surface area contributed by atoms with Gasteiger partial charge in [-0.1, -0.05) is 32.0 Å². The number of hydrogen-bond donors (Lipinski definition) is 0. The fraction of sp³-hybridized carbons (Fsp3) is 0.611. The van der Waals surface area contributed by atoms with Gasteiger partial charge in [0.05, 0.1) is 6.10 Å². The summed E-state index contributed by atoms with van der Waals surface area (Å²) in [5.41, 5.74) is 2.15. The van der Waals surface area contributed by atoms with Gasteiger partial charge in [-0.05, 0) is 49.7 Å². The first kappa shape index (κ1) is 15.2. The van der Waals surface area contributed by atoms with Gasteiger partial charge >= 0.3 is 0 Å².